The van der Waals surface area contributed by atoms with Crippen LogP contribution in [-0.2, 0) is 0 Å². The fourth-order valence-electron chi connectivity index (χ4n) is 2.31. The summed E-state index contributed by atoms with van der Waals surface area (Å²) in [4.78, 5) is 13.4. The van der Waals surface area contributed by atoms with E-state index in [1.54, 1.807) is 32.9 Å². The predicted molar refractivity (Wildman–Crippen MR) is 80.3 cm³/mol. The van der Waals surface area contributed by atoms with Gasteiger partial charge in [-0.3, -0.25) is 4.79 Å². The Morgan fingerprint density at radius 1 is 1.24 bits per heavy atom. The normalized spacial score (nSPS) is 11.8. The van der Waals surface area contributed by atoms with Gasteiger partial charge in [0.2, 0.25) is 0 Å². The number of alkyl halides is 3. The second-order valence-electron chi connectivity index (χ2n) is 5.04. The van der Waals surface area contributed by atoms with Crippen molar-refractivity contribution in [1.29, 1.82) is 0 Å². The van der Waals surface area contributed by atoms with Crippen LogP contribution in [0.1, 0.15) is 42.6 Å². The number of hydrogen-bond donors (Lipinski definition) is 0. The molecule has 1 aromatic rings. The van der Waals surface area contributed by atoms with Gasteiger partial charge in [-0.05, 0) is 43.5 Å². The molecule has 21 heavy (non-hydrogen) atoms. The minimum atomic E-state index is -4.40. The molecule has 0 spiro atoms. The van der Waals surface area contributed by atoms with Gasteiger partial charge < -0.3 is 4.90 Å². The van der Waals surface area contributed by atoms with Crippen LogP contribution in [0.15, 0.2) is 22.7 Å². The average Bonchev–Trinajstić information content (AvgIpc) is 2.35. The summed E-state index contributed by atoms with van der Waals surface area (Å²) in [5.41, 5.74) is 1.10. The SMILES string of the molecule is CCC(CC)N(CC(F)(F)F)C(=O)c1cc(C)cc(Br)c1. The van der Waals surface area contributed by atoms with E-state index in [1.165, 1.54) is 0 Å². The average molecular weight is 366 g/mol. The van der Waals surface area contributed by atoms with Gasteiger partial charge in [0.1, 0.15) is 6.54 Å². The van der Waals surface area contributed by atoms with Crippen LogP contribution in [0.4, 0.5) is 13.2 Å². The zero-order chi connectivity index (χ0) is 16.2. The number of amides is 1. The Kier molecular flexibility index (Phi) is 6.25. The van der Waals surface area contributed by atoms with Crippen LogP contribution in [-0.4, -0.2) is 29.6 Å². The van der Waals surface area contributed by atoms with Gasteiger partial charge in [0.05, 0.1) is 0 Å². The molecule has 0 heterocycles. The van der Waals surface area contributed by atoms with Crippen molar-refractivity contribution < 1.29 is 18.0 Å². The highest BCUT2D eigenvalue weighted by atomic mass is 79.9. The monoisotopic (exact) mass is 365 g/mol. The van der Waals surface area contributed by atoms with Gasteiger partial charge in [-0.1, -0.05) is 29.8 Å². The summed E-state index contributed by atoms with van der Waals surface area (Å²) in [7, 11) is 0. The van der Waals surface area contributed by atoms with Crippen molar-refractivity contribution in [3.63, 3.8) is 0 Å². The van der Waals surface area contributed by atoms with Crippen LogP contribution in [0, 0.1) is 6.92 Å². The van der Waals surface area contributed by atoms with Crippen molar-refractivity contribution >= 4 is 21.8 Å². The third-order valence-electron chi connectivity index (χ3n) is 3.28. The molecule has 0 saturated carbocycles. The van der Waals surface area contributed by atoms with E-state index in [0.29, 0.717) is 17.3 Å². The van der Waals surface area contributed by atoms with Crippen LogP contribution in [0.25, 0.3) is 0 Å². The summed E-state index contributed by atoms with van der Waals surface area (Å²) < 4.78 is 39.0. The summed E-state index contributed by atoms with van der Waals surface area (Å²) in [5, 5.41) is 0. The van der Waals surface area contributed by atoms with Crippen molar-refractivity contribution in [2.75, 3.05) is 6.54 Å². The lowest BCUT2D eigenvalue weighted by molar-refractivity contribution is -0.144. The molecular weight excluding hydrogens is 347 g/mol. The number of hydrogen-bond acceptors (Lipinski definition) is 1. The molecule has 0 aromatic heterocycles. The first-order valence-electron chi connectivity index (χ1n) is 6.82. The maximum atomic E-state index is 12.8. The van der Waals surface area contributed by atoms with Crippen LogP contribution in [0.5, 0.6) is 0 Å². The van der Waals surface area contributed by atoms with E-state index >= 15 is 0 Å². The maximum absolute atomic E-state index is 12.8. The van der Waals surface area contributed by atoms with Gasteiger partial charge in [0, 0.05) is 16.1 Å². The highest BCUT2D eigenvalue weighted by Crippen LogP contribution is 2.24. The van der Waals surface area contributed by atoms with Gasteiger partial charge in [-0.15, -0.1) is 0 Å². The second kappa shape index (κ2) is 7.29. The van der Waals surface area contributed by atoms with E-state index in [9.17, 15) is 18.0 Å². The lowest BCUT2D eigenvalue weighted by Crippen LogP contribution is -2.45. The van der Waals surface area contributed by atoms with Crippen molar-refractivity contribution in [1.82, 2.24) is 4.90 Å². The first-order valence-corrected chi connectivity index (χ1v) is 7.62. The molecule has 2 nitrogen and oxygen atoms in total. The standard InChI is InChI=1S/C15H19BrF3NO/c1-4-13(5-2)20(9-15(17,18)19)14(21)11-6-10(3)7-12(16)8-11/h6-8,13H,4-5,9H2,1-3H3. The lowest BCUT2D eigenvalue weighted by atomic mass is 10.1. The fourth-order valence-corrected chi connectivity index (χ4v) is 2.92. The van der Waals surface area contributed by atoms with E-state index < -0.39 is 24.7 Å². The highest BCUT2D eigenvalue weighted by molar-refractivity contribution is 9.10. The third-order valence-corrected chi connectivity index (χ3v) is 3.74. The molecule has 1 amide bonds. The van der Waals surface area contributed by atoms with Gasteiger partial charge in [-0.2, -0.15) is 13.2 Å². The molecule has 1 rings (SSSR count). The predicted octanol–water partition coefficient (Wildman–Crippen LogP) is 4.95. The first-order chi connectivity index (χ1) is 9.67. The fraction of sp³-hybridized carbons (Fsp3) is 0.533. The maximum Gasteiger partial charge on any atom is 0.406 e. The van der Waals surface area contributed by atoms with Crippen molar-refractivity contribution in [2.45, 2.75) is 45.8 Å². The second-order valence-corrected chi connectivity index (χ2v) is 5.95. The smallest absolute Gasteiger partial charge is 0.327 e. The Morgan fingerprint density at radius 2 is 1.81 bits per heavy atom. The minimum absolute atomic E-state index is 0.276. The van der Waals surface area contributed by atoms with E-state index in [0.717, 1.165) is 10.5 Å². The molecule has 0 bridgehead atoms. The minimum Gasteiger partial charge on any atom is -0.327 e. The molecule has 1 aromatic carbocycles. The lowest BCUT2D eigenvalue weighted by Gasteiger charge is -2.31. The number of carbonyl (C=O) groups is 1. The molecule has 0 radical (unpaired) electrons. The number of benzene rings is 1. The van der Waals surface area contributed by atoms with Crippen molar-refractivity contribution in [3.05, 3.63) is 33.8 Å². The largest absolute Gasteiger partial charge is 0.406 e. The molecule has 118 valence electrons. The Balaban J connectivity index is 3.14. The molecule has 0 saturated heterocycles. The number of aryl methyl sites for hydroxylation is 1. The summed E-state index contributed by atoms with van der Waals surface area (Å²) in [5.74, 6) is -0.578. The molecule has 0 aliphatic heterocycles. The van der Waals surface area contributed by atoms with E-state index in [4.69, 9.17) is 0 Å². The van der Waals surface area contributed by atoms with Crippen LogP contribution in [0.2, 0.25) is 0 Å². The Bertz CT molecular complexity index is 478. The topological polar surface area (TPSA) is 20.3 Å². The van der Waals surface area contributed by atoms with Gasteiger partial charge in [0.25, 0.3) is 5.91 Å². The van der Waals surface area contributed by atoms with Crippen molar-refractivity contribution in [3.8, 4) is 0 Å². The van der Waals surface area contributed by atoms with E-state index in [1.807, 2.05) is 6.07 Å². The molecule has 0 N–H and O–H groups in total. The van der Waals surface area contributed by atoms with Gasteiger partial charge in [0.15, 0.2) is 0 Å². The zero-order valence-corrected chi connectivity index (χ0v) is 13.9. The number of halogens is 4. The van der Waals surface area contributed by atoms with E-state index in [-0.39, 0.29) is 5.56 Å². The quantitative estimate of drug-likeness (QED) is 0.722. The molecule has 0 unspecified atom stereocenters. The van der Waals surface area contributed by atoms with E-state index in [2.05, 4.69) is 15.9 Å². The van der Waals surface area contributed by atoms with Crippen LogP contribution >= 0.6 is 15.9 Å². The first kappa shape index (κ1) is 18.0. The summed E-state index contributed by atoms with van der Waals surface area (Å²) >= 11 is 3.27. The molecule has 0 aliphatic rings. The zero-order valence-electron chi connectivity index (χ0n) is 12.3. The highest BCUT2D eigenvalue weighted by Gasteiger charge is 2.36. The molecule has 0 aliphatic carbocycles. The summed E-state index contributed by atoms with van der Waals surface area (Å²) in [6.45, 7) is 4.16. The number of carbonyl (C=O) groups excluding carboxylic acids is 1. The Hall–Kier alpha value is -1.04. The number of rotatable bonds is 5. The van der Waals surface area contributed by atoms with Gasteiger partial charge in [-0.25, -0.2) is 0 Å². The van der Waals surface area contributed by atoms with Crippen LogP contribution < -0.4 is 0 Å². The van der Waals surface area contributed by atoms with Gasteiger partial charge >= 0.3 is 6.18 Å². The summed E-state index contributed by atoms with van der Waals surface area (Å²) in [6, 6.07) is 4.56. The Labute approximate surface area is 131 Å². The third kappa shape index (κ3) is 5.34. The van der Waals surface area contributed by atoms with Crippen molar-refractivity contribution in [2.24, 2.45) is 0 Å². The molecule has 0 fully saturated rings. The number of nitrogens with zero attached hydrogens (tertiary/aromatic N) is 1. The molecule has 0 atom stereocenters. The summed E-state index contributed by atoms with van der Waals surface area (Å²) in [6.07, 6.45) is -3.42. The molecular formula is C15H19BrF3NO. The Morgan fingerprint density at radius 3 is 2.24 bits per heavy atom. The molecule has 6 heteroatoms. The van der Waals surface area contributed by atoms with Crippen LogP contribution in [0.3, 0.4) is 0 Å².